The Kier molecular flexibility index (Phi) is 6.02. The van der Waals surface area contributed by atoms with Gasteiger partial charge in [-0.3, -0.25) is 0 Å². The van der Waals surface area contributed by atoms with Gasteiger partial charge in [0.25, 0.3) is 0 Å². The first-order chi connectivity index (χ1) is 8.40. The quantitative estimate of drug-likeness (QED) is 0.813. The van der Waals surface area contributed by atoms with E-state index in [0.29, 0.717) is 10.9 Å². The molecule has 0 aliphatic carbocycles. The van der Waals surface area contributed by atoms with Crippen molar-refractivity contribution in [2.45, 2.75) is 27.2 Å². The van der Waals surface area contributed by atoms with E-state index in [2.05, 4.69) is 52.7 Å². The lowest BCUT2D eigenvalue weighted by Crippen LogP contribution is -2.32. The van der Waals surface area contributed by atoms with Gasteiger partial charge in [0.15, 0.2) is 0 Å². The summed E-state index contributed by atoms with van der Waals surface area (Å²) in [7, 11) is 0. The molecule has 1 heterocycles. The van der Waals surface area contributed by atoms with Gasteiger partial charge in [-0.25, -0.2) is 4.98 Å². The molecule has 0 aliphatic heterocycles. The van der Waals surface area contributed by atoms with E-state index < -0.39 is 0 Å². The molecular weight excluding hydrogens is 310 g/mol. The van der Waals surface area contributed by atoms with Gasteiger partial charge < -0.3 is 10.6 Å². The summed E-state index contributed by atoms with van der Waals surface area (Å²) in [6.07, 6.45) is 2.55. The van der Waals surface area contributed by atoms with Crippen LogP contribution in [0, 0.1) is 12.8 Å². The van der Waals surface area contributed by atoms with Gasteiger partial charge in [-0.15, -0.1) is 0 Å². The maximum absolute atomic E-state index is 5.59. The Morgan fingerprint density at radius 2 is 2.22 bits per heavy atom. The molecule has 0 spiro atoms. The molecule has 0 aliphatic rings. The standard InChI is InChI=1S/C13H20BrN3S/c1-9(2)8-17(5-4-12(15)18)13-10(3)6-11(14)7-16-13/h6-7,9H,4-5,8H2,1-3H3,(H2,15,18). The van der Waals surface area contributed by atoms with E-state index in [-0.39, 0.29) is 0 Å². The van der Waals surface area contributed by atoms with Crippen molar-refractivity contribution in [1.82, 2.24) is 4.98 Å². The highest BCUT2D eigenvalue weighted by Crippen LogP contribution is 2.21. The second-order valence-electron chi connectivity index (χ2n) is 4.85. The first kappa shape index (κ1) is 15.4. The number of halogens is 1. The smallest absolute Gasteiger partial charge is 0.131 e. The third kappa shape index (κ3) is 4.90. The first-order valence-electron chi connectivity index (χ1n) is 6.05. The Balaban J connectivity index is 2.89. The van der Waals surface area contributed by atoms with Crippen LogP contribution < -0.4 is 10.6 Å². The molecule has 1 aromatic rings. The van der Waals surface area contributed by atoms with Crippen LogP contribution >= 0.6 is 28.1 Å². The first-order valence-corrected chi connectivity index (χ1v) is 7.25. The van der Waals surface area contributed by atoms with Gasteiger partial charge in [-0.1, -0.05) is 26.1 Å². The summed E-state index contributed by atoms with van der Waals surface area (Å²) < 4.78 is 1.00. The van der Waals surface area contributed by atoms with Crippen LogP contribution in [0.5, 0.6) is 0 Å². The van der Waals surface area contributed by atoms with E-state index >= 15 is 0 Å². The summed E-state index contributed by atoms with van der Waals surface area (Å²) in [5.41, 5.74) is 6.75. The van der Waals surface area contributed by atoms with Crippen molar-refractivity contribution in [3.63, 3.8) is 0 Å². The van der Waals surface area contributed by atoms with Crippen molar-refractivity contribution >= 4 is 39.0 Å². The van der Waals surface area contributed by atoms with Gasteiger partial charge in [0.1, 0.15) is 5.82 Å². The number of anilines is 1. The van der Waals surface area contributed by atoms with Gasteiger partial charge >= 0.3 is 0 Å². The fraction of sp³-hybridized carbons (Fsp3) is 0.538. The van der Waals surface area contributed by atoms with E-state index in [1.165, 1.54) is 0 Å². The fourth-order valence-corrected chi connectivity index (χ4v) is 2.37. The lowest BCUT2D eigenvalue weighted by molar-refractivity contribution is 0.608. The Morgan fingerprint density at radius 3 is 2.72 bits per heavy atom. The van der Waals surface area contributed by atoms with Crippen LogP contribution in [0.15, 0.2) is 16.7 Å². The second-order valence-corrected chi connectivity index (χ2v) is 6.29. The van der Waals surface area contributed by atoms with Gasteiger partial charge in [0, 0.05) is 30.2 Å². The molecule has 0 atom stereocenters. The number of hydrogen-bond acceptors (Lipinski definition) is 3. The Labute approximate surface area is 123 Å². The minimum Gasteiger partial charge on any atom is -0.393 e. The summed E-state index contributed by atoms with van der Waals surface area (Å²) in [6.45, 7) is 8.24. The number of rotatable bonds is 6. The summed E-state index contributed by atoms with van der Waals surface area (Å²) >= 11 is 8.39. The van der Waals surface area contributed by atoms with Gasteiger partial charge in [0.2, 0.25) is 0 Å². The lowest BCUT2D eigenvalue weighted by Gasteiger charge is -2.27. The Morgan fingerprint density at radius 1 is 1.56 bits per heavy atom. The minimum absolute atomic E-state index is 0.554. The predicted molar refractivity (Wildman–Crippen MR) is 85.1 cm³/mol. The molecule has 0 aromatic carbocycles. The van der Waals surface area contributed by atoms with E-state index in [1.807, 2.05) is 6.20 Å². The maximum Gasteiger partial charge on any atom is 0.131 e. The fourth-order valence-electron chi connectivity index (χ4n) is 1.83. The Hall–Kier alpha value is -0.680. The molecule has 1 rings (SSSR count). The molecule has 100 valence electrons. The van der Waals surface area contributed by atoms with Crippen molar-refractivity contribution in [2.24, 2.45) is 11.7 Å². The molecule has 0 saturated carbocycles. The number of nitrogens with zero attached hydrogens (tertiary/aromatic N) is 2. The van der Waals surface area contributed by atoms with Crippen LogP contribution in [0.25, 0.3) is 0 Å². The zero-order valence-corrected chi connectivity index (χ0v) is 13.5. The van der Waals surface area contributed by atoms with Crippen LogP contribution in [-0.4, -0.2) is 23.1 Å². The number of thiocarbonyl (C=S) groups is 1. The van der Waals surface area contributed by atoms with Crippen LogP contribution in [0.1, 0.15) is 25.8 Å². The molecule has 0 radical (unpaired) electrons. The lowest BCUT2D eigenvalue weighted by atomic mass is 10.2. The predicted octanol–water partition coefficient (Wildman–Crippen LogP) is 3.29. The molecule has 0 saturated heterocycles. The van der Waals surface area contributed by atoms with Crippen molar-refractivity contribution in [3.8, 4) is 0 Å². The molecule has 0 bridgehead atoms. The third-order valence-corrected chi connectivity index (χ3v) is 3.17. The number of hydrogen-bond donors (Lipinski definition) is 1. The van der Waals surface area contributed by atoms with Crippen molar-refractivity contribution < 1.29 is 0 Å². The summed E-state index contributed by atoms with van der Waals surface area (Å²) in [5.74, 6) is 1.59. The van der Waals surface area contributed by atoms with E-state index in [0.717, 1.165) is 35.4 Å². The number of aryl methyl sites for hydroxylation is 1. The summed E-state index contributed by atoms with van der Waals surface area (Å²) in [4.78, 5) is 7.31. The maximum atomic E-state index is 5.59. The molecular formula is C13H20BrN3S. The van der Waals surface area contributed by atoms with Crippen LogP contribution in [-0.2, 0) is 0 Å². The Bertz CT molecular complexity index is 421. The molecule has 0 unspecified atom stereocenters. The highest BCUT2D eigenvalue weighted by atomic mass is 79.9. The monoisotopic (exact) mass is 329 g/mol. The summed E-state index contributed by atoms with van der Waals surface area (Å²) in [5, 5.41) is 0. The zero-order chi connectivity index (χ0) is 13.7. The second kappa shape index (κ2) is 7.04. The number of pyridine rings is 1. The minimum atomic E-state index is 0.554. The average Bonchev–Trinajstić information content (AvgIpc) is 2.24. The average molecular weight is 330 g/mol. The van der Waals surface area contributed by atoms with Crippen molar-refractivity contribution in [1.29, 1.82) is 0 Å². The van der Waals surface area contributed by atoms with E-state index in [4.69, 9.17) is 18.0 Å². The van der Waals surface area contributed by atoms with E-state index in [1.54, 1.807) is 0 Å². The zero-order valence-electron chi connectivity index (χ0n) is 11.1. The molecule has 5 heteroatoms. The van der Waals surface area contributed by atoms with Gasteiger partial charge in [0.05, 0.1) is 4.99 Å². The van der Waals surface area contributed by atoms with Crippen LogP contribution in [0.4, 0.5) is 5.82 Å². The SMILES string of the molecule is Cc1cc(Br)cnc1N(CCC(N)=S)CC(C)C. The normalized spacial score (nSPS) is 10.7. The van der Waals surface area contributed by atoms with Crippen molar-refractivity contribution in [2.75, 3.05) is 18.0 Å². The van der Waals surface area contributed by atoms with Crippen molar-refractivity contribution in [3.05, 3.63) is 22.3 Å². The van der Waals surface area contributed by atoms with Gasteiger partial charge in [-0.05, 0) is 40.4 Å². The van der Waals surface area contributed by atoms with Gasteiger partial charge in [-0.2, -0.15) is 0 Å². The third-order valence-electron chi connectivity index (χ3n) is 2.53. The van der Waals surface area contributed by atoms with Crippen LogP contribution in [0.2, 0.25) is 0 Å². The molecule has 0 fully saturated rings. The highest BCUT2D eigenvalue weighted by molar-refractivity contribution is 9.10. The largest absolute Gasteiger partial charge is 0.393 e. The molecule has 1 aromatic heterocycles. The molecule has 0 amide bonds. The van der Waals surface area contributed by atoms with Crippen LogP contribution in [0.3, 0.4) is 0 Å². The highest BCUT2D eigenvalue weighted by Gasteiger charge is 2.13. The topological polar surface area (TPSA) is 42.2 Å². The van der Waals surface area contributed by atoms with E-state index in [9.17, 15) is 0 Å². The molecule has 18 heavy (non-hydrogen) atoms. The molecule has 3 nitrogen and oxygen atoms in total. The number of nitrogens with two attached hydrogens (primary N) is 1. The summed E-state index contributed by atoms with van der Waals surface area (Å²) in [6, 6.07) is 2.08. The number of aromatic nitrogens is 1. The molecule has 2 N–H and O–H groups in total.